The van der Waals surface area contributed by atoms with E-state index in [4.69, 9.17) is 13.7 Å². The van der Waals surface area contributed by atoms with Crippen LogP contribution in [0.25, 0.3) is 0 Å². The molecular formula is C30H35N3O10S. The Balaban J connectivity index is 1.08. The van der Waals surface area contributed by atoms with Gasteiger partial charge in [0.05, 0.1) is 48.1 Å². The van der Waals surface area contributed by atoms with Crippen molar-refractivity contribution >= 4 is 45.3 Å². The van der Waals surface area contributed by atoms with Crippen LogP contribution in [0.1, 0.15) is 64.8 Å². The minimum Gasteiger partial charge on any atom is -0.379 e. The zero-order valence-corrected chi connectivity index (χ0v) is 25.2. The molecule has 0 spiro atoms. The second-order valence-corrected chi connectivity index (χ2v) is 12.0. The molecule has 236 valence electrons. The van der Waals surface area contributed by atoms with E-state index < -0.39 is 39.8 Å². The van der Waals surface area contributed by atoms with Gasteiger partial charge in [0, 0.05) is 19.4 Å². The number of nitrogens with one attached hydrogen (secondary N) is 2. The molecule has 2 aliphatic rings. The van der Waals surface area contributed by atoms with Gasteiger partial charge in [-0.1, -0.05) is 30.2 Å². The molecule has 0 aliphatic carbocycles. The highest BCUT2D eigenvalue weighted by Crippen LogP contribution is 2.32. The van der Waals surface area contributed by atoms with Crippen molar-refractivity contribution in [3.05, 3.63) is 59.2 Å². The molecule has 1 fully saturated rings. The number of fused-ring (bicyclic) bond motifs is 1. The molecule has 0 bridgehead atoms. The number of nitrogens with zero attached hydrogens (tertiary/aromatic N) is 1. The van der Waals surface area contributed by atoms with E-state index in [9.17, 15) is 32.4 Å². The van der Waals surface area contributed by atoms with Crippen LogP contribution >= 0.6 is 0 Å². The summed E-state index contributed by atoms with van der Waals surface area (Å²) in [6.07, 6.45) is 2.25. The van der Waals surface area contributed by atoms with Crippen LogP contribution in [0.2, 0.25) is 0 Å². The van der Waals surface area contributed by atoms with Gasteiger partial charge >= 0.3 is 0 Å². The molecular weight excluding hydrogens is 594 g/mol. The second-order valence-electron chi connectivity index (χ2n) is 10.3. The van der Waals surface area contributed by atoms with Crippen LogP contribution in [0.15, 0.2) is 47.4 Å². The Morgan fingerprint density at radius 3 is 2.34 bits per heavy atom. The zero-order valence-electron chi connectivity index (χ0n) is 24.3. The van der Waals surface area contributed by atoms with E-state index >= 15 is 0 Å². The van der Waals surface area contributed by atoms with Crippen LogP contribution in [-0.2, 0) is 38.2 Å². The van der Waals surface area contributed by atoms with Gasteiger partial charge in [-0.15, -0.1) is 0 Å². The average molecular weight is 630 g/mol. The lowest BCUT2D eigenvalue weighted by Crippen LogP contribution is -2.54. The lowest BCUT2D eigenvalue weighted by Gasteiger charge is -2.27. The number of carbonyl (C=O) groups is 5. The van der Waals surface area contributed by atoms with Crippen molar-refractivity contribution in [2.45, 2.75) is 56.4 Å². The third kappa shape index (κ3) is 8.34. The molecule has 5 amide bonds. The topological polar surface area (TPSA) is 174 Å². The normalized spacial score (nSPS) is 16.7. The first-order chi connectivity index (χ1) is 21.1. The lowest BCUT2D eigenvalue weighted by atomic mass is 10.0. The number of hydrogen-bond acceptors (Lipinski definition) is 10. The van der Waals surface area contributed by atoms with E-state index in [2.05, 4.69) is 10.6 Å². The van der Waals surface area contributed by atoms with E-state index in [1.54, 1.807) is 18.2 Å². The van der Waals surface area contributed by atoms with Crippen LogP contribution in [0.3, 0.4) is 0 Å². The number of amides is 5. The van der Waals surface area contributed by atoms with Crippen LogP contribution in [-0.4, -0.2) is 81.9 Å². The largest absolute Gasteiger partial charge is 0.379 e. The Morgan fingerprint density at radius 2 is 1.61 bits per heavy atom. The van der Waals surface area contributed by atoms with Gasteiger partial charge in [0.15, 0.2) is 0 Å². The molecule has 0 saturated carbocycles. The predicted molar refractivity (Wildman–Crippen MR) is 156 cm³/mol. The highest BCUT2D eigenvalue weighted by molar-refractivity contribution is 7.86. The molecule has 2 aliphatic heterocycles. The Kier molecular flexibility index (Phi) is 11.3. The fourth-order valence-corrected chi connectivity index (χ4v) is 5.69. The van der Waals surface area contributed by atoms with Crippen molar-refractivity contribution in [3.8, 4) is 0 Å². The standard InChI is InChI=1S/C30H35N3O10S/c1-20-9-11-21(12-10-20)44(39,40)43-19-18-42-17-16-41-15-4-2-3-8-25(34)31-23-7-5-6-22-27(23)30(38)33(29(22)37)24-13-14-26(35)32-28(24)36/h5-7,9-12,24H,2-4,8,13-19H2,1H3,(H,31,34)(H,32,35,36). The van der Waals surface area contributed by atoms with Gasteiger partial charge in [-0.05, 0) is 50.5 Å². The summed E-state index contributed by atoms with van der Waals surface area (Å²) in [6, 6.07) is 9.84. The maximum absolute atomic E-state index is 13.1. The summed E-state index contributed by atoms with van der Waals surface area (Å²) in [5.41, 5.74) is 1.27. The third-order valence-corrected chi connectivity index (χ3v) is 8.41. The summed E-state index contributed by atoms with van der Waals surface area (Å²) < 4.78 is 40.1. The predicted octanol–water partition coefficient (Wildman–Crippen LogP) is 2.33. The average Bonchev–Trinajstić information content (AvgIpc) is 3.24. The van der Waals surface area contributed by atoms with Gasteiger partial charge < -0.3 is 14.8 Å². The quantitative estimate of drug-likeness (QED) is 0.159. The van der Waals surface area contributed by atoms with Gasteiger partial charge in [-0.2, -0.15) is 8.42 Å². The van der Waals surface area contributed by atoms with E-state index in [1.165, 1.54) is 24.3 Å². The van der Waals surface area contributed by atoms with E-state index in [0.717, 1.165) is 10.5 Å². The monoisotopic (exact) mass is 629 g/mol. The number of ether oxygens (including phenoxy) is 2. The highest BCUT2D eigenvalue weighted by Gasteiger charge is 2.45. The molecule has 0 radical (unpaired) electrons. The number of imide groups is 2. The lowest BCUT2D eigenvalue weighted by molar-refractivity contribution is -0.136. The number of anilines is 1. The Labute approximate surface area is 255 Å². The first kappa shape index (κ1) is 32.9. The number of benzene rings is 2. The number of piperidine rings is 1. The number of unbranched alkanes of at least 4 members (excludes halogenated alkanes) is 2. The molecule has 0 aromatic heterocycles. The minimum atomic E-state index is -3.82. The molecule has 44 heavy (non-hydrogen) atoms. The van der Waals surface area contributed by atoms with Crippen molar-refractivity contribution in [1.29, 1.82) is 0 Å². The third-order valence-electron chi connectivity index (χ3n) is 7.08. The van der Waals surface area contributed by atoms with Crippen molar-refractivity contribution < 1.29 is 46.0 Å². The Bertz CT molecular complexity index is 1510. The maximum atomic E-state index is 13.1. The SMILES string of the molecule is Cc1ccc(S(=O)(=O)OCCOCCOCCCCCC(=O)Nc2cccc3c2C(=O)N(C2CCC(=O)NC2=O)C3=O)cc1. The van der Waals surface area contributed by atoms with Crippen LogP contribution < -0.4 is 10.6 Å². The Morgan fingerprint density at radius 1 is 0.909 bits per heavy atom. The Hall–Kier alpha value is -3.98. The summed E-state index contributed by atoms with van der Waals surface area (Å²) in [5, 5.41) is 4.86. The molecule has 2 aromatic carbocycles. The number of rotatable bonds is 16. The molecule has 13 nitrogen and oxygen atoms in total. The molecule has 2 heterocycles. The number of hydrogen-bond donors (Lipinski definition) is 2. The van der Waals surface area contributed by atoms with E-state index in [1.807, 2.05) is 6.92 Å². The maximum Gasteiger partial charge on any atom is 0.297 e. The molecule has 1 atom stereocenters. The molecule has 1 unspecified atom stereocenters. The molecule has 14 heteroatoms. The fourth-order valence-electron chi connectivity index (χ4n) is 4.80. The van der Waals surface area contributed by atoms with E-state index in [0.29, 0.717) is 32.5 Å². The van der Waals surface area contributed by atoms with Gasteiger partial charge in [0.2, 0.25) is 17.7 Å². The van der Waals surface area contributed by atoms with Crippen LogP contribution in [0, 0.1) is 6.92 Å². The minimum absolute atomic E-state index is 0.0191. The van der Waals surface area contributed by atoms with Crippen molar-refractivity contribution in [2.75, 3.05) is 38.4 Å². The molecule has 2 N–H and O–H groups in total. The smallest absolute Gasteiger partial charge is 0.297 e. The van der Waals surface area contributed by atoms with Gasteiger partial charge in [-0.3, -0.25) is 38.4 Å². The number of carbonyl (C=O) groups excluding carboxylic acids is 5. The molecule has 1 saturated heterocycles. The summed E-state index contributed by atoms with van der Waals surface area (Å²) in [7, 11) is -3.82. The van der Waals surface area contributed by atoms with Crippen molar-refractivity contribution in [3.63, 3.8) is 0 Å². The van der Waals surface area contributed by atoms with Crippen LogP contribution in [0.4, 0.5) is 5.69 Å². The summed E-state index contributed by atoms with van der Waals surface area (Å²) in [4.78, 5) is 63.3. The first-order valence-corrected chi connectivity index (χ1v) is 15.8. The van der Waals surface area contributed by atoms with Gasteiger partial charge in [0.25, 0.3) is 21.9 Å². The summed E-state index contributed by atoms with van der Waals surface area (Å²) in [5.74, 6) is -2.80. The van der Waals surface area contributed by atoms with Crippen molar-refractivity contribution in [1.82, 2.24) is 10.2 Å². The second kappa shape index (κ2) is 15.1. The van der Waals surface area contributed by atoms with Gasteiger partial charge in [0.1, 0.15) is 6.04 Å². The zero-order chi connectivity index (χ0) is 31.7. The summed E-state index contributed by atoms with van der Waals surface area (Å²) in [6.45, 7) is 2.92. The fraction of sp³-hybridized carbons (Fsp3) is 0.433. The first-order valence-electron chi connectivity index (χ1n) is 14.3. The van der Waals surface area contributed by atoms with Gasteiger partial charge in [-0.25, -0.2) is 0 Å². The molecule has 4 rings (SSSR count). The van der Waals surface area contributed by atoms with Crippen LogP contribution in [0.5, 0.6) is 0 Å². The number of aryl methyl sites for hydroxylation is 1. The van der Waals surface area contributed by atoms with Crippen molar-refractivity contribution in [2.24, 2.45) is 0 Å². The van der Waals surface area contributed by atoms with E-state index in [-0.39, 0.29) is 66.7 Å². The molecule has 2 aromatic rings. The highest BCUT2D eigenvalue weighted by atomic mass is 32.2. The summed E-state index contributed by atoms with van der Waals surface area (Å²) >= 11 is 0.